The van der Waals surface area contributed by atoms with Gasteiger partial charge in [0.05, 0.1) is 22.2 Å². The van der Waals surface area contributed by atoms with Crippen LogP contribution in [0.1, 0.15) is 18.9 Å². The van der Waals surface area contributed by atoms with Gasteiger partial charge in [-0.15, -0.1) is 0 Å². The number of nitrogens with one attached hydrogen (secondary N) is 1. The van der Waals surface area contributed by atoms with Crippen LogP contribution < -0.4 is 10.2 Å². The van der Waals surface area contributed by atoms with Gasteiger partial charge in [-0.1, -0.05) is 48.3 Å². The van der Waals surface area contributed by atoms with E-state index in [0.717, 1.165) is 17.0 Å². The molecule has 2 aromatic carbocycles. The Hall–Kier alpha value is -2.04. The Balaban J connectivity index is 1.82. The molecular weight excluding hydrogens is 347 g/mol. The van der Waals surface area contributed by atoms with Crippen LogP contribution in [0.2, 0.25) is 10.0 Å². The zero-order valence-electron chi connectivity index (χ0n) is 13.1. The fourth-order valence-electron chi connectivity index (χ4n) is 2.70. The average molecular weight is 363 g/mol. The quantitative estimate of drug-likeness (QED) is 0.824. The molecule has 2 amide bonds. The van der Waals surface area contributed by atoms with Crippen LogP contribution in [-0.4, -0.2) is 17.9 Å². The molecule has 124 valence electrons. The van der Waals surface area contributed by atoms with Crippen LogP contribution in [0.5, 0.6) is 0 Å². The number of aryl methyl sites for hydroxylation is 1. The minimum Gasteiger partial charge on any atom is -0.373 e. The van der Waals surface area contributed by atoms with E-state index in [4.69, 9.17) is 23.2 Å². The molecule has 6 heteroatoms. The number of nitrogens with zero attached hydrogens (tertiary/aromatic N) is 1. The Kier molecular flexibility index (Phi) is 4.78. The molecule has 2 aromatic rings. The van der Waals surface area contributed by atoms with Crippen LogP contribution in [0.3, 0.4) is 0 Å². The van der Waals surface area contributed by atoms with Crippen LogP contribution >= 0.6 is 23.2 Å². The first-order valence-electron chi connectivity index (χ1n) is 7.67. The lowest BCUT2D eigenvalue weighted by atomic mass is 10.1. The van der Waals surface area contributed by atoms with Crippen LogP contribution in [0.4, 0.5) is 11.4 Å². The molecule has 4 nitrogen and oxygen atoms in total. The number of amides is 2. The number of imide groups is 1. The fraction of sp³-hybridized carbons (Fsp3) is 0.222. The van der Waals surface area contributed by atoms with Gasteiger partial charge in [0.2, 0.25) is 5.91 Å². The Bertz CT molecular complexity index is 790. The van der Waals surface area contributed by atoms with Crippen molar-refractivity contribution in [1.29, 1.82) is 0 Å². The zero-order valence-corrected chi connectivity index (χ0v) is 14.6. The molecule has 1 fully saturated rings. The second-order valence-electron chi connectivity index (χ2n) is 5.59. The Morgan fingerprint density at radius 2 is 1.83 bits per heavy atom. The van der Waals surface area contributed by atoms with Crippen LogP contribution in [0.25, 0.3) is 0 Å². The molecule has 1 N–H and O–H groups in total. The Morgan fingerprint density at radius 3 is 2.50 bits per heavy atom. The molecule has 1 aliphatic heterocycles. The summed E-state index contributed by atoms with van der Waals surface area (Å²) >= 11 is 12.1. The lowest BCUT2D eigenvalue weighted by molar-refractivity contribution is -0.121. The second kappa shape index (κ2) is 6.83. The van der Waals surface area contributed by atoms with Gasteiger partial charge in [0.15, 0.2) is 0 Å². The maximum absolute atomic E-state index is 12.6. The van der Waals surface area contributed by atoms with E-state index in [1.54, 1.807) is 18.2 Å². The number of halogens is 2. The molecule has 0 saturated carbocycles. The summed E-state index contributed by atoms with van der Waals surface area (Å²) in [6.07, 6.45) is 1.03. The molecule has 1 saturated heterocycles. The summed E-state index contributed by atoms with van der Waals surface area (Å²) in [4.78, 5) is 26.1. The third-order valence-corrected chi connectivity index (χ3v) is 4.83. The largest absolute Gasteiger partial charge is 0.373 e. The number of benzene rings is 2. The summed E-state index contributed by atoms with van der Waals surface area (Å²) in [5, 5.41) is 3.63. The normalized spacial score (nSPS) is 17.5. The number of anilines is 2. The van der Waals surface area contributed by atoms with Crippen LogP contribution in [-0.2, 0) is 16.0 Å². The minimum atomic E-state index is -0.611. The maximum Gasteiger partial charge on any atom is 0.256 e. The van der Waals surface area contributed by atoms with Gasteiger partial charge in [-0.3, -0.25) is 9.59 Å². The zero-order chi connectivity index (χ0) is 17.3. The van der Waals surface area contributed by atoms with E-state index in [1.165, 1.54) is 5.56 Å². The lowest BCUT2D eigenvalue weighted by Crippen LogP contribution is -2.35. The predicted octanol–water partition coefficient (Wildman–Crippen LogP) is 4.30. The van der Waals surface area contributed by atoms with E-state index in [-0.39, 0.29) is 23.3 Å². The number of carbonyl (C=O) groups is 2. The van der Waals surface area contributed by atoms with E-state index in [2.05, 4.69) is 12.2 Å². The van der Waals surface area contributed by atoms with Gasteiger partial charge in [-0.2, -0.15) is 0 Å². The SMILES string of the molecule is CCc1ccc(N[C@@H]2CC(=O)N(c3cccc(Cl)c3Cl)C2=O)cc1. The minimum absolute atomic E-state index is 0.0806. The first-order valence-corrected chi connectivity index (χ1v) is 8.43. The van der Waals surface area contributed by atoms with Gasteiger partial charge in [0.25, 0.3) is 5.91 Å². The topological polar surface area (TPSA) is 49.4 Å². The van der Waals surface area contributed by atoms with Crippen molar-refractivity contribution >= 4 is 46.4 Å². The molecule has 1 heterocycles. The van der Waals surface area contributed by atoms with Crippen molar-refractivity contribution in [3.63, 3.8) is 0 Å². The standard InChI is InChI=1S/C18H16Cl2N2O2/c1-2-11-6-8-12(9-7-11)21-14-10-16(23)22(18(14)24)15-5-3-4-13(19)17(15)20/h3-9,14,21H,2,10H2,1H3/t14-/m1/s1. The Morgan fingerprint density at radius 1 is 1.12 bits per heavy atom. The van der Waals surface area contributed by atoms with Gasteiger partial charge in [-0.05, 0) is 36.2 Å². The van der Waals surface area contributed by atoms with Gasteiger partial charge in [0.1, 0.15) is 6.04 Å². The highest BCUT2D eigenvalue weighted by Gasteiger charge is 2.40. The summed E-state index contributed by atoms with van der Waals surface area (Å²) in [6.45, 7) is 2.08. The molecule has 24 heavy (non-hydrogen) atoms. The van der Waals surface area contributed by atoms with Gasteiger partial charge >= 0.3 is 0 Å². The van der Waals surface area contributed by atoms with Crippen molar-refractivity contribution < 1.29 is 9.59 Å². The monoisotopic (exact) mass is 362 g/mol. The molecule has 0 unspecified atom stereocenters. The number of carbonyl (C=O) groups excluding carboxylic acids is 2. The summed E-state index contributed by atoms with van der Waals surface area (Å²) < 4.78 is 0. The summed E-state index contributed by atoms with van der Waals surface area (Å²) in [7, 11) is 0. The van der Waals surface area contributed by atoms with Crippen molar-refractivity contribution in [3.05, 3.63) is 58.1 Å². The van der Waals surface area contributed by atoms with E-state index >= 15 is 0 Å². The average Bonchev–Trinajstić information content (AvgIpc) is 2.85. The van der Waals surface area contributed by atoms with Gasteiger partial charge < -0.3 is 5.32 Å². The van der Waals surface area contributed by atoms with Crippen LogP contribution in [0, 0.1) is 0 Å². The molecule has 0 aromatic heterocycles. The fourth-order valence-corrected chi connectivity index (χ4v) is 3.08. The first kappa shape index (κ1) is 16.8. The third kappa shape index (κ3) is 3.12. The third-order valence-electron chi connectivity index (χ3n) is 4.02. The van der Waals surface area contributed by atoms with Crippen molar-refractivity contribution in [2.24, 2.45) is 0 Å². The molecular formula is C18H16Cl2N2O2. The molecule has 0 aliphatic carbocycles. The smallest absolute Gasteiger partial charge is 0.256 e. The molecule has 0 radical (unpaired) electrons. The predicted molar refractivity (Wildman–Crippen MR) is 96.8 cm³/mol. The van der Waals surface area contributed by atoms with Crippen LogP contribution in [0.15, 0.2) is 42.5 Å². The first-order chi connectivity index (χ1) is 11.5. The van der Waals surface area contributed by atoms with E-state index in [1.807, 2.05) is 24.3 Å². The summed E-state index contributed by atoms with van der Waals surface area (Å²) in [5.41, 5.74) is 2.34. The van der Waals surface area contributed by atoms with E-state index < -0.39 is 6.04 Å². The molecule has 1 atom stereocenters. The summed E-state index contributed by atoms with van der Waals surface area (Å²) in [5.74, 6) is -0.629. The highest BCUT2D eigenvalue weighted by atomic mass is 35.5. The van der Waals surface area contributed by atoms with E-state index in [0.29, 0.717) is 10.7 Å². The number of hydrogen-bond donors (Lipinski definition) is 1. The lowest BCUT2D eigenvalue weighted by Gasteiger charge is -2.18. The number of hydrogen-bond acceptors (Lipinski definition) is 3. The molecule has 1 aliphatic rings. The molecule has 0 bridgehead atoms. The van der Waals surface area contributed by atoms with Gasteiger partial charge in [0, 0.05) is 5.69 Å². The van der Waals surface area contributed by atoms with Crippen molar-refractivity contribution in [2.45, 2.75) is 25.8 Å². The highest BCUT2D eigenvalue weighted by Crippen LogP contribution is 2.35. The number of rotatable bonds is 4. The maximum atomic E-state index is 12.6. The molecule has 0 spiro atoms. The summed E-state index contributed by atoms with van der Waals surface area (Å²) in [6, 6.07) is 12.1. The Labute approximate surface area is 150 Å². The van der Waals surface area contributed by atoms with Crippen molar-refractivity contribution in [2.75, 3.05) is 10.2 Å². The van der Waals surface area contributed by atoms with E-state index in [9.17, 15) is 9.59 Å². The second-order valence-corrected chi connectivity index (χ2v) is 6.38. The molecule has 3 rings (SSSR count). The van der Waals surface area contributed by atoms with Crippen molar-refractivity contribution in [3.8, 4) is 0 Å². The van der Waals surface area contributed by atoms with Gasteiger partial charge in [-0.25, -0.2) is 4.90 Å². The van der Waals surface area contributed by atoms with Crippen molar-refractivity contribution in [1.82, 2.24) is 0 Å². The highest BCUT2D eigenvalue weighted by molar-refractivity contribution is 6.45.